The fourth-order valence-corrected chi connectivity index (χ4v) is 6.37. The molecule has 7 heteroatoms. The highest BCUT2D eigenvalue weighted by molar-refractivity contribution is 5.81. The van der Waals surface area contributed by atoms with E-state index < -0.39 is 11.4 Å². The highest BCUT2D eigenvalue weighted by atomic mass is 19.1. The third-order valence-corrected chi connectivity index (χ3v) is 8.14. The van der Waals surface area contributed by atoms with Gasteiger partial charge in [0.1, 0.15) is 11.4 Å². The Bertz CT molecular complexity index is 1640. The summed E-state index contributed by atoms with van der Waals surface area (Å²) in [5.41, 5.74) is 8.37. The average molecular weight is 611 g/mol. The lowest BCUT2D eigenvalue weighted by Crippen LogP contribution is -2.45. The highest BCUT2D eigenvalue weighted by Gasteiger charge is 2.36. The zero-order valence-electron chi connectivity index (χ0n) is 27.4. The molecule has 0 spiro atoms. The predicted molar refractivity (Wildman–Crippen MR) is 173 cm³/mol. The van der Waals surface area contributed by atoms with E-state index in [9.17, 15) is 14.4 Å². The van der Waals surface area contributed by atoms with Crippen LogP contribution in [0.4, 0.5) is 4.39 Å². The van der Waals surface area contributed by atoms with E-state index in [1.54, 1.807) is 0 Å². The second kappa shape index (κ2) is 12.9. The molecule has 0 radical (unpaired) electrons. The van der Waals surface area contributed by atoms with Crippen LogP contribution in [0.2, 0.25) is 0 Å². The molecule has 0 saturated carbocycles. The molecule has 0 N–H and O–H groups in total. The summed E-state index contributed by atoms with van der Waals surface area (Å²) in [7, 11) is 0. The number of rotatable bonds is 6. The molecule has 1 aliphatic heterocycles. The lowest BCUT2D eigenvalue weighted by atomic mass is 9.86. The molecule has 0 unspecified atom stereocenters. The summed E-state index contributed by atoms with van der Waals surface area (Å²) in [5, 5.41) is 9.60. The van der Waals surface area contributed by atoms with E-state index in [1.165, 1.54) is 17.7 Å². The molecule has 236 valence electrons. The maximum atomic E-state index is 14.2. The van der Waals surface area contributed by atoms with Crippen LogP contribution >= 0.6 is 0 Å². The smallest absolute Gasteiger partial charge is 0.308 e. The van der Waals surface area contributed by atoms with Crippen molar-refractivity contribution in [3.8, 4) is 17.2 Å². The summed E-state index contributed by atoms with van der Waals surface area (Å²) in [6, 6.07) is 14.8. The number of esters is 1. The number of aryl methyl sites for hydroxylation is 2. The van der Waals surface area contributed by atoms with Crippen LogP contribution in [-0.4, -0.2) is 34.5 Å². The first-order valence-electron chi connectivity index (χ1n) is 15.8. The topological polar surface area (TPSA) is 81.4 Å². The number of carbonyl (C=O) groups excluding carboxylic acids is 1. The van der Waals surface area contributed by atoms with E-state index >= 15 is 0 Å². The molecule has 6 nitrogen and oxygen atoms in total. The van der Waals surface area contributed by atoms with Crippen molar-refractivity contribution in [2.75, 3.05) is 0 Å². The normalized spacial score (nSPS) is 19.5. The number of pyridine rings is 1. The summed E-state index contributed by atoms with van der Waals surface area (Å²) in [5.74, 6) is -1.37. The maximum Gasteiger partial charge on any atom is 0.308 e. The first-order chi connectivity index (χ1) is 21.2. The third kappa shape index (κ3) is 7.87. The number of carbonyl (C=O) groups is 1. The summed E-state index contributed by atoms with van der Waals surface area (Å²) in [4.78, 5) is 17.9. The Balaban J connectivity index is 1.59. The molecule has 2 atom stereocenters. The molecule has 3 aromatic rings. The molecule has 5 rings (SSSR count). The van der Waals surface area contributed by atoms with Gasteiger partial charge in [0, 0.05) is 24.1 Å². The van der Waals surface area contributed by atoms with Gasteiger partial charge in [-0.25, -0.2) is 4.39 Å². The molecule has 2 aliphatic rings. The SMILES string of the molecule is CC(C)c1nc2c(c(-c3ccc(F)cc3)c1/C=C/[C@@H]1C[C@H](CC(=O)OC(C)(C)C)OC(C)(C)O1)Cc1cc(C#N)ccc1CC2. The predicted octanol–water partition coefficient (Wildman–Crippen LogP) is 8.23. The van der Waals surface area contributed by atoms with Crippen molar-refractivity contribution in [3.63, 3.8) is 0 Å². The first kappa shape index (κ1) is 32.5. The molecular formula is C38H43FN2O4. The number of hydrogen-bond acceptors (Lipinski definition) is 6. The number of aromatic nitrogens is 1. The van der Waals surface area contributed by atoms with Gasteiger partial charge in [-0.2, -0.15) is 5.26 Å². The van der Waals surface area contributed by atoms with E-state index in [0.29, 0.717) is 18.4 Å². The second-order valence-corrected chi connectivity index (χ2v) is 13.8. The van der Waals surface area contributed by atoms with Crippen LogP contribution in [0.5, 0.6) is 0 Å². The summed E-state index contributed by atoms with van der Waals surface area (Å²) in [6.45, 7) is 13.5. The van der Waals surface area contributed by atoms with Gasteiger partial charge >= 0.3 is 5.97 Å². The van der Waals surface area contributed by atoms with E-state index in [4.69, 9.17) is 19.2 Å². The van der Waals surface area contributed by atoms with Crippen molar-refractivity contribution in [1.82, 2.24) is 4.98 Å². The minimum Gasteiger partial charge on any atom is -0.460 e. The number of hydrogen-bond donors (Lipinski definition) is 0. The fourth-order valence-electron chi connectivity index (χ4n) is 6.37. The van der Waals surface area contributed by atoms with Crippen molar-refractivity contribution in [3.05, 3.63) is 93.6 Å². The zero-order chi connectivity index (χ0) is 32.5. The van der Waals surface area contributed by atoms with E-state index in [0.717, 1.165) is 52.0 Å². The number of fused-ring (bicyclic) bond motifs is 2. The number of nitriles is 1. The van der Waals surface area contributed by atoms with Gasteiger partial charge in [0.25, 0.3) is 0 Å². The highest BCUT2D eigenvalue weighted by Crippen LogP contribution is 2.39. The molecule has 0 bridgehead atoms. The molecule has 2 aromatic carbocycles. The summed E-state index contributed by atoms with van der Waals surface area (Å²) < 4.78 is 32.2. The molecule has 1 saturated heterocycles. The first-order valence-corrected chi connectivity index (χ1v) is 15.8. The lowest BCUT2D eigenvalue weighted by Gasteiger charge is -2.40. The molecule has 1 aliphatic carbocycles. The average Bonchev–Trinajstić information content (AvgIpc) is 3.12. The van der Waals surface area contributed by atoms with Gasteiger partial charge in [-0.05, 0) is 105 Å². The van der Waals surface area contributed by atoms with Crippen molar-refractivity contribution in [2.24, 2.45) is 0 Å². The number of halogens is 1. The van der Waals surface area contributed by atoms with E-state index in [2.05, 4.69) is 32.1 Å². The van der Waals surface area contributed by atoms with Crippen molar-refractivity contribution >= 4 is 12.0 Å². The van der Waals surface area contributed by atoms with Crippen LogP contribution in [0.1, 0.15) is 106 Å². The maximum absolute atomic E-state index is 14.2. The lowest BCUT2D eigenvalue weighted by molar-refractivity contribution is -0.290. The minimum atomic E-state index is -0.894. The molecule has 0 amide bonds. The molecule has 1 aromatic heterocycles. The fraction of sp³-hybridized carbons (Fsp3) is 0.447. The minimum absolute atomic E-state index is 0.122. The van der Waals surface area contributed by atoms with Crippen LogP contribution in [0.15, 0.2) is 48.5 Å². The summed E-state index contributed by atoms with van der Waals surface area (Å²) in [6.07, 6.45) is 6.29. The van der Waals surface area contributed by atoms with Crippen LogP contribution < -0.4 is 0 Å². The van der Waals surface area contributed by atoms with Gasteiger partial charge in [0.05, 0.1) is 36.0 Å². The molecule has 2 heterocycles. The van der Waals surface area contributed by atoms with Gasteiger partial charge in [0.15, 0.2) is 5.79 Å². The van der Waals surface area contributed by atoms with Gasteiger partial charge in [0.2, 0.25) is 0 Å². The zero-order valence-corrected chi connectivity index (χ0v) is 27.4. The Morgan fingerprint density at radius 2 is 1.87 bits per heavy atom. The Morgan fingerprint density at radius 3 is 2.53 bits per heavy atom. The van der Waals surface area contributed by atoms with E-state index in [-0.39, 0.29) is 36.3 Å². The van der Waals surface area contributed by atoms with Crippen molar-refractivity contribution < 1.29 is 23.4 Å². The Morgan fingerprint density at radius 1 is 1.13 bits per heavy atom. The monoisotopic (exact) mass is 610 g/mol. The van der Waals surface area contributed by atoms with Gasteiger partial charge in [-0.1, -0.05) is 44.2 Å². The Hall–Kier alpha value is -3.86. The van der Waals surface area contributed by atoms with Gasteiger partial charge in [-0.15, -0.1) is 0 Å². The second-order valence-electron chi connectivity index (χ2n) is 13.8. The van der Waals surface area contributed by atoms with Crippen LogP contribution in [0, 0.1) is 17.1 Å². The Labute approximate surface area is 266 Å². The third-order valence-electron chi connectivity index (χ3n) is 8.14. The summed E-state index contributed by atoms with van der Waals surface area (Å²) >= 11 is 0. The standard InChI is InChI=1S/C38H43FN2O4/c1-23(2)36-31(16-15-29-20-30(44-38(6,7)43-29)21-34(42)45-37(3,4)5)35(26-10-13-28(39)14-11-26)32-19-27-18-24(22-40)8-9-25(27)12-17-33(32)41-36/h8-11,13-16,18,23,29-30H,12,17,19-21H2,1-7H3/b16-15+/t29-,30-/m1/s1. The van der Waals surface area contributed by atoms with Crippen molar-refractivity contribution in [2.45, 2.75) is 110 Å². The molecule has 45 heavy (non-hydrogen) atoms. The number of nitrogens with zero attached hydrogens (tertiary/aromatic N) is 2. The van der Waals surface area contributed by atoms with E-state index in [1.807, 2.05) is 65.0 Å². The van der Waals surface area contributed by atoms with Crippen LogP contribution in [-0.2, 0) is 38.3 Å². The molecule has 1 fully saturated rings. The largest absolute Gasteiger partial charge is 0.460 e. The number of ether oxygens (including phenoxy) is 3. The van der Waals surface area contributed by atoms with Gasteiger partial charge < -0.3 is 14.2 Å². The number of benzene rings is 2. The van der Waals surface area contributed by atoms with Gasteiger partial charge in [-0.3, -0.25) is 9.78 Å². The Kier molecular flexibility index (Phi) is 9.30. The van der Waals surface area contributed by atoms with Crippen LogP contribution in [0.25, 0.3) is 17.2 Å². The van der Waals surface area contributed by atoms with Crippen molar-refractivity contribution in [1.29, 1.82) is 5.26 Å². The van der Waals surface area contributed by atoms with Crippen LogP contribution in [0.3, 0.4) is 0 Å². The quantitative estimate of drug-likeness (QED) is 0.262. The molecular weight excluding hydrogens is 567 g/mol.